The highest BCUT2D eigenvalue weighted by Crippen LogP contribution is 2.22. The zero-order valence-electron chi connectivity index (χ0n) is 10.7. The second kappa shape index (κ2) is 4.92. The van der Waals surface area contributed by atoms with Crippen LogP contribution in [-0.4, -0.2) is 30.3 Å². The summed E-state index contributed by atoms with van der Waals surface area (Å²) in [7, 11) is 2.07. The molecule has 0 unspecified atom stereocenters. The van der Waals surface area contributed by atoms with Crippen LogP contribution >= 0.6 is 0 Å². The van der Waals surface area contributed by atoms with Crippen LogP contribution < -0.4 is 0 Å². The highest BCUT2D eigenvalue weighted by atomic mass is 16.1. The molecule has 84 valence electrons. The smallest absolute Gasteiger partial charge is 0.142 e. The van der Waals surface area contributed by atoms with E-state index in [4.69, 9.17) is 0 Å². The van der Waals surface area contributed by atoms with E-state index >= 15 is 0 Å². The highest BCUT2D eigenvalue weighted by molar-refractivity contribution is 5.85. The minimum atomic E-state index is -0.229. The number of carbonyl (C=O) groups excluding carboxylic acids is 1. The molecular formula is C12H25NO. The number of hydrogen-bond donors (Lipinski definition) is 0. The van der Waals surface area contributed by atoms with Crippen LogP contribution in [0, 0.1) is 11.3 Å². The first-order valence-corrected chi connectivity index (χ1v) is 5.43. The van der Waals surface area contributed by atoms with Gasteiger partial charge in [0.05, 0.1) is 0 Å². The second-order valence-corrected chi connectivity index (χ2v) is 5.41. The predicted octanol–water partition coefficient (Wildman–Crippen LogP) is 2.58. The molecule has 0 radical (unpaired) electrons. The lowest BCUT2D eigenvalue weighted by atomic mass is 9.82. The number of Topliss-reactive ketones (excluding diaryl/α,β-unsaturated/α-hetero) is 1. The van der Waals surface area contributed by atoms with E-state index in [2.05, 4.69) is 25.8 Å². The average molecular weight is 199 g/mol. The van der Waals surface area contributed by atoms with E-state index < -0.39 is 0 Å². The Balaban J connectivity index is 4.41. The molecule has 2 heteroatoms. The molecule has 0 saturated heterocycles. The summed E-state index contributed by atoms with van der Waals surface area (Å²) in [5.74, 6) is 0.482. The van der Waals surface area contributed by atoms with Crippen LogP contribution in [0.25, 0.3) is 0 Å². The van der Waals surface area contributed by atoms with Gasteiger partial charge in [-0.3, -0.25) is 4.79 Å². The van der Waals surface area contributed by atoms with Gasteiger partial charge in [0, 0.05) is 23.9 Å². The Kier molecular flexibility index (Phi) is 4.79. The van der Waals surface area contributed by atoms with Crippen molar-refractivity contribution in [3.63, 3.8) is 0 Å². The Morgan fingerprint density at radius 3 is 1.93 bits per heavy atom. The van der Waals surface area contributed by atoms with E-state index in [1.165, 1.54) is 0 Å². The molecule has 0 fully saturated rings. The van der Waals surface area contributed by atoms with Gasteiger partial charge in [0.1, 0.15) is 5.78 Å². The zero-order valence-corrected chi connectivity index (χ0v) is 10.7. The molecule has 14 heavy (non-hydrogen) atoms. The van der Waals surface area contributed by atoms with Crippen molar-refractivity contribution in [2.45, 2.75) is 47.6 Å². The average Bonchev–Trinajstić information content (AvgIpc) is 2.01. The van der Waals surface area contributed by atoms with Crippen LogP contribution in [0.5, 0.6) is 0 Å². The number of ketones is 1. The molecule has 0 aromatic rings. The lowest BCUT2D eigenvalue weighted by molar-refractivity contribution is -0.131. The molecule has 0 aliphatic heterocycles. The summed E-state index contributed by atoms with van der Waals surface area (Å²) in [6, 6.07) is 0.495. The van der Waals surface area contributed by atoms with Crippen molar-refractivity contribution >= 4 is 5.78 Å². The van der Waals surface area contributed by atoms with Gasteiger partial charge < -0.3 is 4.90 Å². The monoisotopic (exact) mass is 199 g/mol. The molecule has 0 bridgehead atoms. The van der Waals surface area contributed by atoms with Gasteiger partial charge in [0.15, 0.2) is 0 Å². The molecule has 0 N–H and O–H groups in total. The van der Waals surface area contributed by atoms with E-state index in [1.54, 1.807) is 0 Å². The summed E-state index contributed by atoms with van der Waals surface area (Å²) >= 11 is 0. The largest absolute Gasteiger partial charge is 0.303 e. The molecule has 0 spiro atoms. The number of nitrogens with zero attached hydrogens (tertiary/aromatic N) is 1. The minimum Gasteiger partial charge on any atom is -0.303 e. The highest BCUT2D eigenvalue weighted by Gasteiger charge is 2.30. The lowest BCUT2D eigenvalue weighted by Gasteiger charge is -2.32. The van der Waals surface area contributed by atoms with E-state index in [0.717, 1.165) is 6.54 Å². The molecule has 0 rings (SSSR count). The fourth-order valence-corrected chi connectivity index (χ4v) is 1.67. The third kappa shape index (κ3) is 3.79. The number of rotatable bonds is 5. The van der Waals surface area contributed by atoms with Gasteiger partial charge in [-0.15, -0.1) is 0 Å². The van der Waals surface area contributed by atoms with Gasteiger partial charge in [-0.1, -0.05) is 27.7 Å². The summed E-state index contributed by atoms with van der Waals surface area (Å²) < 4.78 is 0. The standard InChI is InChI=1S/C12H25NO/c1-9(2)11(14)12(5,6)8-13(7)10(3)4/h9-10H,8H2,1-7H3. The van der Waals surface area contributed by atoms with Crippen molar-refractivity contribution in [2.24, 2.45) is 11.3 Å². The van der Waals surface area contributed by atoms with Gasteiger partial charge in [-0.25, -0.2) is 0 Å². The van der Waals surface area contributed by atoms with Crippen molar-refractivity contribution in [2.75, 3.05) is 13.6 Å². The fourth-order valence-electron chi connectivity index (χ4n) is 1.67. The number of hydrogen-bond acceptors (Lipinski definition) is 2. The molecule has 2 nitrogen and oxygen atoms in total. The first kappa shape index (κ1) is 13.6. The van der Waals surface area contributed by atoms with Crippen molar-refractivity contribution in [3.8, 4) is 0 Å². The predicted molar refractivity (Wildman–Crippen MR) is 61.4 cm³/mol. The molecule has 0 aromatic heterocycles. The molecule has 0 aromatic carbocycles. The summed E-state index contributed by atoms with van der Waals surface area (Å²) in [6.07, 6.45) is 0. The van der Waals surface area contributed by atoms with Crippen molar-refractivity contribution in [1.82, 2.24) is 4.90 Å². The van der Waals surface area contributed by atoms with E-state index in [9.17, 15) is 4.79 Å². The van der Waals surface area contributed by atoms with E-state index in [1.807, 2.05) is 27.7 Å². The Morgan fingerprint density at radius 1 is 1.21 bits per heavy atom. The van der Waals surface area contributed by atoms with Crippen LogP contribution in [0.3, 0.4) is 0 Å². The molecule has 0 atom stereocenters. The van der Waals surface area contributed by atoms with Crippen LogP contribution in [-0.2, 0) is 4.79 Å². The molecule has 0 aliphatic carbocycles. The van der Waals surface area contributed by atoms with E-state index in [-0.39, 0.29) is 11.3 Å². The summed E-state index contributed by atoms with van der Waals surface area (Å²) in [5.41, 5.74) is -0.229. The quantitative estimate of drug-likeness (QED) is 0.678. The summed E-state index contributed by atoms with van der Waals surface area (Å²) in [6.45, 7) is 13.1. The van der Waals surface area contributed by atoms with Crippen LogP contribution in [0.2, 0.25) is 0 Å². The molecular weight excluding hydrogens is 174 g/mol. The fraction of sp³-hybridized carbons (Fsp3) is 0.917. The third-order valence-electron chi connectivity index (χ3n) is 2.72. The van der Waals surface area contributed by atoms with Gasteiger partial charge in [0.25, 0.3) is 0 Å². The molecule has 0 amide bonds. The van der Waals surface area contributed by atoms with E-state index in [0.29, 0.717) is 11.8 Å². The van der Waals surface area contributed by atoms with Gasteiger partial charge in [-0.05, 0) is 20.9 Å². The first-order valence-electron chi connectivity index (χ1n) is 5.43. The van der Waals surface area contributed by atoms with Gasteiger partial charge in [0.2, 0.25) is 0 Å². The van der Waals surface area contributed by atoms with Crippen molar-refractivity contribution in [3.05, 3.63) is 0 Å². The lowest BCUT2D eigenvalue weighted by Crippen LogP contribution is -2.41. The maximum Gasteiger partial charge on any atom is 0.142 e. The molecule has 0 heterocycles. The SMILES string of the molecule is CC(C)C(=O)C(C)(C)CN(C)C(C)C. The third-order valence-corrected chi connectivity index (χ3v) is 2.72. The maximum absolute atomic E-state index is 11.9. The Hall–Kier alpha value is -0.370. The normalized spacial score (nSPS) is 13.0. The van der Waals surface area contributed by atoms with Crippen LogP contribution in [0.1, 0.15) is 41.5 Å². The Morgan fingerprint density at radius 2 is 1.64 bits per heavy atom. The van der Waals surface area contributed by atoms with Crippen molar-refractivity contribution < 1.29 is 4.79 Å². The van der Waals surface area contributed by atoms with Gasteiger partial charge >= 0.3 is 0 Å². The molecule has 0 aliphatic rings. The topological polar surface area (TPSA) is 20.3 Å². The zero-order chi connectivity index (χ0) is 11.5. The summed E-state index contributed by atoms with van der Waals surface area (Å²) in [4.78, 5) is 14.1. The minimum absolute atomic E-state index is 0.130. The Bertz CT molecular complexity index is 194. The number of carbonyl (C=O) groups is 1. The summed E-state index contributed by atoms with van der Waals surface area (Å²) in [5, 5.41) is 0. The molecule has 0 saturated carbocycles. The Labute approximate surface area is 88.7 Å². The van der Waals surface area contributed by atoms with Crippen molar-refractivity contribution in [1.29, 1.82) is 0 Å². The van der Waals surface area contributed by atoms with Crippen LogP contribution in [0.15, 0.2) is 0 Å². The van der Waals surface area contributed by atoms with Crippen LogP contribution in [0.4, 0.5) is 0 Å². The van der Waals surface area contributed by atoms with Gasteiger partial charge in [-0.2, -0.15) is 0 Å². The maximum atomic E-state index is 11.9. The first-order chi connectivity index (χ1) is 6.18. The second-order valence-electron chi connectivity index (χ2n) is 5.41.